The number of rotatable bonds is 4. The van der Waals surface area contributed by atoms with Crippen molar-refractivity contribution in [2.75, 3.05) is 0 Å². The van der Waals surface area contributed by atoms with Crippen molar-refractivity contribution in [3.8, 4) is 45.0 Å². The molecule has 0 aliphatic heterocycles. The number of furan rings is 1. The van der Waals surface area contributed by atoms with E-state index in [2.05, 4.69) is 133 Å². The Labute approximate surface area is 282 Å². The number of benzene rings is 8. The Kier molecular flexibility index (Phi) is 6.18. The van der Waals surface area contributed by atoms with Crippen LogP contribution < -0.4 is 0 Å². The van der Waals surface area contributed by atoms with Crippen LogP contribution in [0.25, 0.3) is 99.3 Å². The van der Waals surface area contributed by atoms with Gasteiger partial charge in [-0.1, -0.05) is 140 Å². The summed E-state index contributed by atoms with van der Waals surface area (Å²) in [5, 5.41) is 9.53. The molecule has 8 aromatic carbocycles. The van der Waals surface area contributed by atoms with Gasteiger partial charge in [0.25, 0.3) is 0 Å². The Hall–Kier alpha value is -6.58. The topological polar surface area (TPSA) is 38.9 Å². The van der Waals surface area contributed by atoms with Crippen LogP contribution in [0.3, 0.4) is 0 Å². The molecule has 0 fully saturated rings. The van der Waals surface area contributed by atoms with Crippen LogP contribution in [0.5, 0.6) is 0 Å². The van der Waals surface area contributed by atoms with Gasteiger partial charge >= 0.3 is 0 Å². The molecule has 10 rings (SSSR count). The molecule has 0 saturated heterocycles. The van der Waals surface area contributed by atoms with Gasteiger partial charge in [0, 0.05) is 27.5 Å². The highest BCUT2D eigenvalue weighted by atomic mass is 16.3. The summed E-state index contributed by atoms with van der Waals surface area (Å²) >= 11 is 0. The fourth-order valence-electron chi connectivity index (χ4n) is 7.36. The Bertz CT molecular complexity index is 2810. The van der Waals surface area contributed by atoms with E-state index in [1.54, 1.807) is 0 Å². The van der Waals surface area contributed by atoms with E-state index < -0.39 is 0 Å². The molecular formula is C46H28N2O. The molecule has 0 saturated carbocycles. The molecule has 0 bridgehead atoms. The molecule has 0 atom stereocenters. The fourth-order valence-corrected chi connectivity index (χ4v) is 7.36. The molecule has 49 heavy (non-hydrogen) atoms. The van der Waals surface area contributed by atoms with E-state index in [9.17, 15) is 0 Å². The van der Waals surface area contributed by atoms with Crippen molar-refractivity contribution in [3.63, 3.8) is 0 Å². The summed E-state index contributed by atoms with van der Waals surface area (Å²) < 4.78 is 6.14. The van der Waals surface area contributed by atoms with E-state index in [1.807, 2.05) is 36.4 Å². The number of para-hydroxylation sites is 1. The van der Waals surface area contributed by atoms with E-state index in [4.69, 9.17) is 14.4 Å². The Morgan fingerprint density at radius 2 is 0.898 bits per heavy atom. The second-order valence-corrected chi connectivity index (χ2v) is 12.5. The number of nitrogens with zero attached hydrogens (tertiary/aromatic N) is 2. The van der Waals surface area contributed by atoms with Gasteiger partial charge in [-0.25, -0.2) is 9.97 Å². The number of hydrogen-bond donors (Lipinski definition) is 0. The highest BCUT2D eigenvalue weighted by molar-refractivity contribution is 6.28. The lowest BCUT2D eigenvalue weighted by Gasteiger charge is -2.16. The van der Waals surface area contributed by atoms with Gasteiger partial charge in [-0.2, -0.15) is 0 Å². The predicted octanol–water partition coefficient (Wildman–Crippen LogP) is 12.5. The first-order valence-electron chi connectivity index (χ1n) is 16.6. The summed E-state index contributed by atoms with van der Waals surface area (Å²) in [6.45, 7) is 0. The molecule has 0 aliphatic rings. The second kappa shape index (κ2) is 11.0. The van der Waals surface area contributed by atoms with Gasteiger partial charge in [-0.05, 0) is 73.8 Å². The van der Waals surface area contributed by atoms with E-state index in [-0.39, 0.29) is 0 Å². The lowest BCUT2D eigenvalue weighted by Crippen LogP contribution is -1.96. The van der Waals surface area contributed by atoms with Gasteiger partial charge < -0.3 is 4.42 Å². The Morgan fingerprint density at radius 3 is 1.69 bits per heavy atom. The number of fused-ring (bicyclic) bond motifs is 9. The highest BCUT2D eigenvalue weighted by Crippen LogP contribution is 2.42. The third-order valence-corrected chi connectivity index (χ3v) is 9.67. The number of hydrogen-bond acceptors (Lipinski definition) is 3. The normalized spacial score (nSPS) is 11.7. The summed E-state index contributed by atoms with van der Waals surface area (Å²) in [6.07, 6.45) is 0. The zero-order valence-electron chi connectivity index (χ0n) is 26.5. The molecule has 0 spiro atoms. The molecule has 3 nitrogen and oxygen atoms in total. The molecule has 0 radical (unpaired) electrons. The summed E-state index contributed by atoms with van der Waals surface area (Å²) in [4.78, 5) is 10.3. The minimum atomic E-state index is 0.712. The first-order valence-corrected chi connectivity index (χ1v) is 16.6. The SMILES string of the molecule is c1ccc(-c2cc(-c3cccc4c5ccccc5c5cc(-c6ccc7oc8ccccc8c7c6)ccc5c34)nc(-c3ccccc3)n2)cc1. The smallest absolute Gasteiger partial charge is 0.160 e. The zero-order valence-corrected chi connectivity index (χ0v) is 26.5. The largest absolute Gasteiger partial charge is 0.456 e. The van der Waals surface area contributed by atoms with Crippen molar-refractivity contribution < 1.29 is 4.42 Å². The van der Waals surface area contributed by atoms with Crippen LogP contribution in [0.2, 0.25) is 0 Å². The first-order chi connectivity index (χ1) is 24.3. The van der Waals surface area contributed by atoms with Crippen LogP contribution in [0.15, 0.2) is 174 Å². The zero-order chi connectivity index (χ0) is 32.3. The molecule has 0 amide bonds. The predicted molar refractivity (Wildman–Crippen MR) is 204 cm³/mol. The highest BCUT2D eigenvalue weighted by Gasteiger charge is 2.17. The van der Waals surface area contributed by atoms with Crippen molar-refractivity contribution in [1.29, 1.82) is 0 Å². The van der Waals surface area contributed by atoms with Gasteiger partial charge in [-0.3, -0.25) is 0 Å². The summed E-state index contributed by atoms with van der Waals surface area (Å²) in [5.41, 5.74) is 9.08. The first kappa shape index (κ1) is 27.5. The summed E-state index contributed by atoms with van der Waals surface area (Å²) in [6, 6.07) is 59.8. The Balaban J connectivity index is 1.24. The summed E-state index contributed by atoms with van der Waals surface area (Å²) in [5.74, 6) is 0.712. The average molecular weight is 625 g/mol. The van der Waals surface area contributed by atoms with Gasteiger partial charge in [0.05, 0.1) is 11.4 Å². The molecule has 2 aromatic heterocycles. The van der Waals surface area contributed by atoms with Crippen LogP contribution in [-0.4, -0.2) is 9.97 Å². The van der Waals surface area contributed by atoms with Crippen LogP contribution in [0, 0.1) is 0 Å². The van der Waals surface area contributed by atoms with Gasteiger partial charge in [0.2, 0.25) is 0 Å². The van der Waals surface area contributed by atoms with Crippen molar-refractivity contribution in [2.24, 2.45) is 0 Å². The number of aromatic nitrogens is 2. The molecule has 228 valence electrons. The maximum Gasteiger partial charge on any atom is 0.160 e. The third kappa shape index (κ3) is 4.51. The minimum Gasteiger partial charge on any atom is -0.456 e. The van der Waals surface area contributed by atoms with E-state index in [0.717, 1.165) is 55.6 Å². The molecule has 0 aliphatic carbocycles. The van der Waals surface area contributed by atoms with Crippen molar-refractivity contribution in [3.05, 3.63) is 170 Å². The lowest BCUT2D eigenvalue weighted by atomic mass is 9.89. The lowest BCUT2D eigenvalue weighted by molar-refractivity contribution is 0.669. The van der Waals surface area contributed by atoms with Crippen LogP contribution in [0.4, 0.5) is 0 Å². The van der Waals surface area contributed by atoms with Crippen molar-refractivity contribution in [2.45, 2.75) is 0 Å². The van der Waals surface area contributed by atoms with Gasteiger partial charge in [-0.15, -0.1) is 0 Å². The maximum absolute atomic E-state index is 6.14. The van der Waals surface area contributed by atoms with Crippen molar-refractivity contribution >= 4 is 54.3 Å². The summed E-state index contributed by atoms with van der Waals surface area (Å²) in [7, 11) is 0. The fraction of sp³-hybridized carbons (Fsp3) is 0. The molecule has 0 N–H and O–H groups in total. The van der Waals surface area contributed by atoms with Gasteiger partial charge in [0.15, 0.2) is 5.82 Å². The third-order valence-electron chi connectivity index (χ3n) is 9.67. The van der Waals surface area contributed by atoms with Crippen LogP contribution >= 0.6 is 0 Å². The Morgan fingerprint density at radius 1 is 0.327 bits per heavy atom. The minimum absolute atomic E-state index is 0.712. The molecule has 10 aromatic rings. The monoisotopic (exact) mass is 624 g/mol. The van der Waals surface area contributed by atoms with Crippen LogP contribution in [0.1, 0.15) is 0 Å². The molecule has 2 heterocycles. The van der Waals surface area contributed by atoms with E-state index in [0.29, 0.717) is 5.82 Å². The quantitative estimate of drug-likeness (QED) is 0.183. The second-order valence-electron chi connectivity index (χ2n) is 12.5. The maximum atomic E-state index is 6.14. The van der Waals surface area contributed by atoms with E-state index in [1.165, 1.54) is 37.9 Å². The van der Waals surface area contributed by atoms with E-state index >= 15 is 0 Å². The van der Waals surface area contributed by atoms with Crippen molar-refractivity contribution in [1.82, 2.24) is 9.97 Å². The van der Waals surface area contributed by atoms with Crippen LogP contribution in [-0.2, 0) is 0 Å². The molecular weight excluding hydrogens is 597 g/mol. The average Bonchev–Trinajstić information content (AvgIpc) is 3.56. The molecule has 3 heteroatoms. The van der Waals surface area contributed by atoms with Gasteiger partial charge in [0.1, 0.15) is 11.2 Å². The molecule has 0 unspecified atom stereocenters. The standard InChI is InChI=1S/C46H28N2O/c1-3-12-29(13-4-1)41-28-42(48-46(47-41)30-14-5-2-6-15-30)38-20-11-19-36-33-16-7-8-17-34(33)39-26-31(22-24-37(39)45(36)38)32-23-25-44-40(27-32)35-18-9-10-21-43(35)49-44/h1-28H.